The fraction of sp³-hybridized carbons (Fsp3) is 0.450. The number of carbonyl (C=O) groups is 2. The number of likely N-dealkylation sites (tertiary alicyclic amines) is 1. The zero-order valence-corrected chi connectivity index (χ0v) is 16.1. The molecule has 0 radical (unpaired) electrons. The van der Waals surface area contributed by atoms with Gasteiger partial charge in [0.2, 0.25) is 0 Å². The highest BCUT2D eigenvalue weighted by molar-refractivity contribution is 5.92. The summed E-state index contributed by atoms with van der Waals surface area (Å²) in [6.45, 7) is 3.22. The third kappa shape index (κ3) is 4.67. The summed E-state index contributed by atoms with van der Waals surface area (Å²) in [7, 11) is 3.42. The first-order chi connectivity index (χ1) is 12.9. The molecule has 0 aliphatic carbocycles. The van der Waals surface area contributed by atoms with Crippen LogP contribution < -0.4 is 0 Å². The van der Waals surface area contributed by atoms with Crippen molar-refractivity contribution in [3.05, 3.63) is 53.4 Å². The van der Waals surface area contributed by atoms with Gasteiger partial charge in [-0.1, -0.05) is 6.07 Å². The quantitative estimate of drug-likeness (QED) is 0.825. The summed E-state index contributed by atoms with van der Waals surface area (Å²) in [6, 6.07) is 7.15. The van der Waals surface area contributed by atoms with Gasteiger partial charge >= 0.3 is 0 Å². The lowest BCUT2D eigenvalue weighted by atomic mass is 9.93. The number of amides is 2. The highest BCUT2D eigenvalue weighted by atomic mass is 16.2. The third-order valence-corrected chi connectivity index (χ3v) is 4.70. The van der Waals surface area contributed by atoms with Crippen molar-refractivity contribution in [1.29, 1.82) is 0 Å². The van der Waals surface area contributed by atoms with E-state index in [1.54, 1.807) is 45.4 Å². The van der Waals surface area contributed by atoms with Gasteiger partial charge in [-0.3, -0.25) is 14.6 Å². The van der Waals surface area contributed by atoms with Gasteiger partial charge in [0, 0.05) is 39.1 Å². The van der Waals surface area contributed by atoms with Crippen LogP contribution in [-0.4, -0.2) is 63.8 Å². The molecule has 0 unspecified atom stereocenters. The Morgan fingerprint density at radius 1 is 1.22 bits per heavy atom. The second kappa shape index (κ2) is 8.24. The Morgan fingerprint density at radius 3 is 2.74 bits per heavy atom. The van der Waals surface area contributed by atoms with Crippen LogP contribution in [0.1, 0.15) is 45.3 Å². The number of rotatable bonds is 4. The van der Waals surface area contributed by atoms with Gasteiger partial charge in [-0.05, 0) is 50.3 Å². The summed E-state index contributed by atoms with van der Waals surface area (Å²) in [6.07, 6.45) is 4.35. The van der Waals surface area contributed by atoms with Gasteiger partial charge in [-0.15, -0.1) is 0 Å². The van der Waals surface area contributed by atoms with Crippen LogP contribution in [0.25, 0.3) is 0 Å². The van der Waals surface area contributed by atoms with E-state index in [0.717, 1.165) is 31.5 Å². The second-order valence-corrected chi connectivity index (χ2v) is 7.17. The van der Waals surface area contributed by atoms with E-state index < -0.39 is 0 Å². The summed E-state index contributed by atoms with van der Waals surface area (Å²) >= 11 is 0. The fourth-order valence-corrected chi connectivity index (χ4v) is 3.44. The Hall–Kier alpha value is -2.83. The van der Waals surface area contributed by atoms with Gasteiger partial charge in [0.15, 0.2) is 0 Å². The van der Waals surface area contributed by atoms with E-state index in [9.17, 15) is 9.59 Å². The van der Waals surface area contributed by atoms with Crippen molar-refractivity contribution in [1.82, 2.24) is 24.8 Å². The topological polar surface area (TPSA) is 79.3 Å². The molecular formula is C20H25N5O2. The van der Waals surface area contributed by atoms with E-state index in [4.69, 9.17) is 0 Å². The van der Waals surface area contributed by atoms with Crippen molar-refractivity contribution in [2.24, 2.45) is 5.92 Å². The largest absolute Gasteiger partial charge is 0.343 e. The maximum absolute atomic E-state index is 12.7. The number of piperidine rings is 1. The molecule has 7 nitrogen and oxygen atoms in total. The summed E-state index contributed by atoms with van der Waals surface area (Å²) in [5, 5.41) is 0. The molecule has 0 aromatic carbocycles. The van der Waals surface area contributed by atoms with E-state index in [0.29, 0.717) is 29.7 Å². The van der Waals surface area contributed by atoms with Gasteiger partial charge in [0.25, 0.3) is 11.8 Å². The van der Waals surface area contributed by atoms with E-state index in [2.05, 4.69) is 15.0 Å². The molecular weight excluding hydrogens is 342 g/mol. The molecule has 3 heterocycles. The summed E-state index contributed by atoms with van der Waals surface area (Å²) in [5.41, 5.74) is 1.75. The van der Waals surface area contributed by atoms with E-state index >= 15 is 0 Å². The van der Waals surface area contributed by atoms with Crippen molar-refractivity contribution < 1.29 is 9.59 Å². The van der Waals surface area contributed by atoms with E-state index in [1.807, 2.05) is 11.0 Å². The number of hydrogen-bond acceptors (Lipinski definition) is 5. The monoisotopic (exact) mass is 367 g/mol. The minimum atomic E-state index is -0.127. The summed E-state index contributed by atoms with van der Waals surface area (Å²) in [4.78, 5) is 41.2. The number of aromatic nitrogens is 3. The molecule has 1 aliphatic rings. The summed E-state index contributed by atoms with van der Waals surface area (Å²) in [5.74, 6) is 0.748. The molecule has 2 amide bonds. The molecule has 0 spiro atoms. The molecule has 3 rings (SSSR count). The molecule has 1 atom stereocenters. The lowest BCUT2D eigenvalue weighted by molar-refractivity contribution is 0.0666. The number of nitrogens with zero attached hydrogens (tertiary/aromatic N) is 5. The highest BCUT2D eigenvalue weighted by Gasteiger charge is 2.26. The number of pyridine rings is 1. The molecule has 0 bridgehead atoms. The minimum Gasteiger partial charge on any atom is -0.343 e. The SMILES string of the molecule is Cc1nc(C[C@H]2CCCN(C(=O)c3ccccn3)C2)cc(C(=O)N(C)C)n1. The second-order valence-electron chi connectivity index (χ2n) is 7.17. The molecule has 0 saturated carbocycles. The Morgan fingerprint density at radius 2 is 2.04 bits per heavy atom. The third-order valence-electron chi connectivity index (χ3n) is 4.70. The molecule has 0 N–H and O–H groups in total. The fourth-order valence-electron chi connectivity index (χ4n) is 3.44. The van der Waals surface area contributed by atoms with Crippen LogP contribution in [0, 0.1) is 12.8 Å². The van der Waals surface area contributed by atoms with Crippen LogP contribution in [0.5, 0.6) is 0 Å². The van der Waals surface area contributed by atoms with Gasteiger partial charge in [-0.25, -0.2) is 9.97 Å². The Balaban J connectivity index is 1.71. The number of hydrogen-bond donors (Lipinski definition) is 0. The van der Waals surface area contributed by atoms with Gasteiger partial charge in [0.1, 0.15) is 17.2 Å². The minimum absolute atomic E-state index is 0.0253. The highest BCUT2D eigenvalue weighted by Crippen LogP contribution is 2.22. The van der Waals surface area contributed by atoms with Crippen LogP contribution in [-0.2, 0) is 6.42 Å². The predicted molar refractivity (Wildman–Crippen MR) is 101 cm³/mol. The maximum Gasteiger partial charge on any atom is 0.272 e. The van der Waals surface area contributed by atoms with Crippen molar-refractivity contribution in [3.8, 4) is 0 Å². The number of carbonyl (C=O) groups excluding carboxylic acids is 2. The van der Waals surface area contributed by atoms with Crippen LogP contribution in [0.3, 0.4) is 0 Å². The van der Waals surface area contributed by atoms with E-state index in [1.165, 1.54) is 4.90 Å². The standard InChI is InChI=1S/C20H25N5O2/c1-14-22-16(12-18(23-14)19(26)24(2)3)11-15-7-6-10-25(13-15)20(27)17-8-4-5-9-21-17/h4-5,8-9,12,15H,6-7,10-11,13H2,1-3H3/t15-/m1/s1. The zero-order chi connectivity index (χ0) is 19.4. The first-order valence-electron chi connectivity index (χ1n) is 9.20. The van der Waals surface area contributed by atoms with Crippen LogP contribution in [0.15, 0.2) is 30.5 Å². The van der Waals surface area contributed by atoms with Crippen molar-refractivity contribution in [2.75, 3.05) is 27.2 Å². The maximum atomic E-state index is 12.7. The van der Waals surface area contributed by atoms with Gasteiger partial charge in [-0.2, -0.15) is 0 Å². The van der Waals surface area contributed by atoms with Gasteiger partial charge in [0.05, 0.1) is 0 Å². The van der Waals surface area contributed by atoms with E-state index in [-0.39, 0.29) is 11.8 Å². The molecule has 1 saturated heterocycles. The van der Waals surface area contributed by atoms with Crippen molar-refractivity contribution in [2.45, 2.75) is 26.2 Å². The average Bonchev–Trinajstić information content (AvgIpc) is 2.67. The molecule has 1 fully saturated rings. The average molecular weight is 367 g/mol. The van der Waals surface area contributed by atoms with Crippen LogP contribution in [0.4, 0.5) is 0 Å². The molecule has 2 aromatic heterocycles. The molecule has 2 aromatic rings. The predicted octanol–water partition coefficient (Wildman–Crippen LogP) is 1.98. The molecule has 1 aliphatic heterocycles. The van der Waals surface area contributed by atoms with Crippen LogP contribution >= 0.6 is 0 Å². The Kier molecular flexibility index (Phi) is 5.78. The summed E-state index contributed by atoms with van der Waals surface area (Å²) < 4.78 is 0. The van der Waals surface area contributed by atoms with Gasteiger partial charge < -0.3 is 9.80 Å². The Bertz CT molecular complexity index is 822. The molecule has 142 valence electrons. The molecule has 27 heavy (non-hydrogen) atoms. The molecule has 7 heteroatoms. The normalized spacial score (nSPS) is 16.9. The first-order valence-corrected chi connectivity index (χ1v) is 9.20. The lowest BCUT2D eigenvalue weighted by Crippen LogP contribution is -2.41. The lowest BCUT2D eigenvalue weighted by Gasteiger charge is -2.32. The van der Waals surface area contributed by atoms with Crippen molar-refractivity contribution >= 4 is 11.8 Å². The number of aryl methyl sites for hydroxylation is 1. The first kappa shape index (κ1) is 18.9. The van der Waals surface area contributed by atoms with Crippen molar-refractivity contribution in [3.63, 3.8) is 0 Å². The zero-order valence-electron chi connectivity index (χ0n) is 16.1. The van der Waals surface area contributed by atoms with Crippen LogP contribution in [0.2, 0.25) is 0 Å². The Labute approximate surface area is 159 Å². The smallest absolute Gasteiger partial charge is 0.272 e.